The summed E-state index contributed by atoms with van der Waals surface area (Å²) in [6.07, 6.45) is 1.62. The molecule has 0 saturated heterocycles. The monoisotopic (exact) mass is 374 g/mol. The molecular formula is C16H18N6O3S. The maximum absolute atomic E-state index is 5.35. The number of aromatic amines is 2. The quantitative estimate of drug-likeness (QED) is 0.508. The molecule has 0 fully saturated rings. The molecule has 0 aliphatic carbocycles. The van der Waals surface area contributed by atoms with Crippen molar-refractivity contribution in [2.75, 3.05) is 21.3 Å². The maximum Gasteiger partial charge on any atom is 0.216 e. The molecule has 0 amide bonds. The standard InChI is InChI=1S/C16H18N6O3S/c1-9-5-11(19-18-9)15-20-21-16(26)22(15)17-8-10-6-12(23-2)14(25-4)13(7-10)24-3/h5-8H,1-4H3,(H,18,19)(H,21,26)/b17-8-. The molecule has 0 aliphatic heterocycles. The van der Waals surface area contributed by atoms with Crippen molar-refractivity contribution in [3.63, 3.8) is 0 Å². The number of hydrogen-bond donors (Lipinski definition) is 2. The van der Waals surface area contributed by atoms with E-state index in [1.54, 1.807) is 39.7 Å². The second-order valence-corrected chi connectivity index (χ2v) is 5.69. The van der Waals surface area contributed by atoms with E-state index in [0.717, 1.165) is 11.3 Å². The highest BCUT2D eigenvalue weighted by Gasteiger charge is 2.14. The Morgan fingerprint density at radius 2 is 1.73 bits per heavy atom. The van der Waals surface area contributed by atoms with Crippen LogP contribution in [0.15, 0.2) is 23.3 Å². The molecular weight excluding hydrogens is 356 g/mol. The fourth-order valence-corrected chi connectivity index (χ4v) is 2.58. The van der Waals surface area contributed by atoms with E-state index in [1.165, 1.54) is 4.68 Å². The number of benzene rings is 1. The predicted molar refractivity (Wildman–Crippen MR) is 98.8 cm³/mol. The van der Waals surface area contributed by atoms with Crippen LogP contribution in [0.1, 0.15) is 11.3 Å². The Kier molecular flexibility index (Phi) is 5.03. The van der Waals surface area contributed by atoms with Crippen molar-refractivity contribution < 1.29 is 14.2 Å². The summed E-state index contributed by atoms with van der Waals surface area (Å²) in [5.41, 5.74) is 2.29. The van der Waals surface area contributed by atoms with Gasteiger partial charge in [0.1, 0.15) is 5.69 Å². The summed E-state index contributed by atoms with van der Waals surface area (Å²) < 4.78 is 17.9. The summed E-state index contributed by atoms with van der Waals surface area (Å²) >= 11 is 5.26. The molecule has 3 rings (SSSR count). The van der Waals surface area contributed by atoms with E-state index in [2.05, 4.69) is 25.5 Å². The van der Waals surface area contributed by atoms with Crippen molar-refractivity contribution in [1.82, 2.24) is 25.1 Å². The van der Waals surface area contributed by atoms with Crippen LogP contribution in [0.5, 0.6) is 17.2 Å². The third-order valence-electron chi connectivity index (χ3n) is 3.59. The zero-order valence-corrected chi connectivity index (χ0v) is 15.5. The summed E-state index contributed by atoms with van der Waals surface area (Å²) in [6.45, 7) is 1.90. The molecule has 0 unspecified atom stereocenters. The fourth-order valence-electron chi connectivity index (χ4n) is 2.40. The van der Waals surface area contributed by atoms with Crippen LogP contribution in [0.25, 0.3) is 11.5 Å². The van der Waals surface area contributed by atoms with Gasteiger partial charge in [-0.1, -0.05) is 0 Å². The molecule has 26 heavy (non-hydrogen) atoms. The third-order valence-corrected chi connectivity index (χ3v) is 3.86. The summed E-state index contributed by atoms with van der Waals surface area (Å²) in [6, 6.07) is 5.43. The number of methoxy groups -OCH3 is 3. The van der Waals surface area contributed by atoms with Crippen molar-refractivity contribution in [3.05, 3.63) is 34.2 Å². The number of nitrogens with one attached hydrogen (secondary N) is 2. The molecule has 136 valence electrons. The van der Waals surface area contributed by atoms with Gasteiger partial charge in [-0.2, -0.15) is 20.0 Å². The Bertz CT molecular complexity index is 979. The average Bonchev–Trinajstić information content (AvgIpc) is 3.24. The van der Waals surface area contributed by atoms with Crippen molar-refractivity contribution in [2.24, 2.45) is 5.10 Å². The lowest BCUT2D eigenvalue weighted by Gasteiger charge is -2.12. The number of H-pyrrole nitrogens is 2. The second kappa shape index (κ2) is 7.40. The lowest BCUT2D eigenvalue weighted by Crippen LogP contribution is -1.98. The maximum atomic E-state index is 5.35. The van der Waals surface area contributed by atoms with Gasteiger partial charge in [0.25, 0.3) is 0 Å². The lowest BCUT2D eigenvalue weighted by molar-refractivity contribution is 0.324. The van der Waals surface area contributed by atoms with Gasteiger partial charge in [0.15, 0.2) is 11.5 Å². The van der Waals surface area contributed by atoms with Crippen molar-refractivity contribution in [1.29, 1.82) is 0 Å². The molecule has 2 aromatic heterocycles. The topological polar surface area (TPSA) is 102 Å². The Morgan fingerprint density at radius 3 is 2.27 bits per heavy atom. The molecule has 2 N–H and O–H groups in total. The van der Waals surface area contributed by atoms with Crippen LogP contribution in [-0.2, 0) is 0 Å². The van der Waals surface area contributed by atoms with Crippen LogP contribution in [0.3, 0.4) is 0 Å². The normalized spacial score (nSPS) is 11.1. The molecule has 0 bridgehead atoms. The van der Waals surface area contributed by atoms with Gasteiger partial charge in [-0.05, 0) is 37.3 Å². The number of nitrogens with zero attached hydrogens (tertiary/aromatic N) is 4. The summed E-state index contributed by atoms with van der Waals surface area (Å²) in [5.74, 6) is 2.09. The number of ether oxygens (including phenoxy) is 3. The first-order chi connectivity index (χ1) is 12.6. The van der Waals surface area contributed by atoms with Crippen molar-refractivity contribution in [3.8, 4) is 28.8 Å². The molecule has 0 spiro atoms. The highest BCUT2D eigenvalue weighted by atomic mass is 32.1. The van der Waals surface area contributed by atoms with Gasteiger partial charge in [0.05, 0.1) is 27.5 Å². The summed E-state index contributed by atoms with van der Waals surface area (Å²) in [7, 11) is 4.67. The third kappa shape index (κ3) is 3.31. The van der Waals surface area contributed by atoms with E-state index >= 15 is 0 Å². The van der Waals surface area contributed by atoms with Gasteiger partial charge in [-0.15, -0.1) is 0 Å². The molecule has 9 nitrogen and oxygen atoms in total. The number of rotatable bonds is 6. The molecule has 0 saturated carbocycles. The Balaban J connectivity index is 2.01. The molecule has 3 aromatic rings. The number of aryl methyl sites for hydroxylation is 1. The van der Waals surface area contributed by atoms with Gasteiger partial charge >= 0.3 is 0 Å². The first-order valence-corrected chi connectivity index (χ1v) is 8.02. The Labute approximate surface area is 154 Å². The minimum atomic E-state index is 0.351. The zero-order valence-electron chi connectivity index (χ0n) is 14.7. The zero-order chi connectivity index (χ0) is 18.7. The van der Waals surface area contributed by atoms with Crippen LogP contribution in [-0.4, -0.2) is 52.6 Å². The van der Waals surface area contributed by atoms with E-state index in [4.69, 9.17) is 26.4 Å². The predicted octanol–water partition coefficient (Wildman–Crippen LogP) is 2.55. The van der Waals surface area contributed by atoms with Gasteiger partial charge in [0, 0.05) is 11.3 Å². The van der Waals surface area contributed by atoms with E-state index in [9.17, 15) is 0 Å². The number of hydrogen-bond acceptors (Lipinski definition) is 7. The molecule has 0 radical (unpaired) electrons. The minimum absolute atomic E-state index is 0.351. The Morgan fingerprint density at radius 1 is 1.04 bits per heavy atom. The van der Waals surface area contributed by atoms with E-state index in [0.29, 0.717) is 33.5 Å². The van der Waals surface area contributed by atoms with Gasteiger partial charge < -0.3 is 14.2 Å². The molecule has 10 heteroatoms. The molecule has 1 aromatic carbocycles. The lowest BCUT2D eigenvalue weighted by atomic mass is 10.2. The molecule has 0 atom stereocenters. The van der Waals surface area contributed by atoms with E-state index in [1.807, 2.05) is 13.0 Å². The van der Waals surface area contributed by atoms with Crippen LogP contribution in [0.2, 0.25) is 0 Å². The highest BCUT2D eigenvalue weighted by Crippen LogP contribution is 2.37. The van der Waals surface area contributed by atoms with Crippen LogP contribution in [0.4, 0.5) is 0 Å². The molecule has 2 heterocycles. The van der Waals surface area contributed by atoms with Gasteiger partial charge in [0.2, 0.25) is 16.3 Å². The largest absolute Gasteiger partial charge is 0.493 e. The molecule has 0 aliphatic rings. The van der Waals surface area contributed by atoms with Crippen LogP contribution >= 0.6 is 12.2 Å². The summed E-state index contributed by atoms with van der Waals surface area (Å²) in [4.78, 5) is 0. The SMILES string of the molecule is COc1cc(/C=N\n2c(-c3cc(C)[nH]n3)n[nH]c2=S)cc(OC)c1OC. The minimum Gasteiger partial charge on any atom is -0.493 e. The van der Waals surface area contributed by atoms with Crippen molar-refractivity contribution in [2.45, 2.75) is 6.92 Å². The summed E-state index contributed by atoms with van der Waals surface area (Å²) in [5, 5.41) is 18.4. The van der Waals surface area contributed by atoms with E-state index < -0.39 is 0 Å². The first-order valence-electron chi connectivity index (χ1n) is 7.61. The average molecular weight is 374 g/mol. The van der Waals surface area contributed by atoms with Gasteiger partial charge in [-0.3, -0.25) is 5.10 Å². The Hall–Kier alpha value is -3.14. The van der Waals surface area contributed by atoms with Crippen molar-refractivity contribution >= 4 is 18.4 Å². The van der Waals surface area contributed by atoms with Crippen LogP contribution in [0, 0.1) is 11.7 Å². The highest BCUT2D eigenvalue weighted by molar-refractivity contribution is 7.71. The fraction of sp³-hybridized carbons (Fsp3) is 0.250. The first kappa shape index (κ1) is 17.7. The van der Waals surface area contributed by atoms with Gasteiger partial charge in [-0.25, -0.2) is 5.10 Å². The second-order valence-electron chi connectivity index (χ2n) is 5.30. The van der Waals surface area contributed by atoms with Crippen LogP contribution < -0.4 is 14.2 Å². The van der Waals surface area contributed by atoms with E-state index in [-0.39, 0.29) is 0 Å². The smallest absolute Gasteiger partial charge is 0.216 e. The number of aromatic nitrogens is 5.